The molecule has 1 radical (unpaired) electrons. The SMILES string of the molecule is CCCCOP(=S)(S)OCCCC.[Cu]. The smallest absolute Gasteiger partial charge is 0.244 e. The Labute approximate surface area is 108 Å². The summed E-state index contributed by atoms with van der Waals surface area (Å²) in [4.78, 5) is 0. The minimum atomic E-state index is -2.22. The minimum absolute atomic E-state index is 0. The Bertz CT molecular complexity index is 155. The van der Waals surface area contributed by atoms with E-state index in [2.05, 4.69) is 26.1 Å². The second-order valence-corrected chi connectivity index (χ2v) is 8.13. The van der Waals surface area contributed by atoms with Crippen LogP contribution in [0.5, 0.6) is 0 Å². The number of hydrogen-bond donors (Lipinski definition) is 1. The van der Waals surface area contributed by atoms with E-state index < -0.39 is 5.69 Å². The monoisotopic (exact) mass is 305 g/mol. The van der Waals surface area contributed by atoms with Gasteiger partial charge >= 0.3 is 0 Å². The molecule has 0 heterocycles. The van der Waals surface area contributed by atoms with Crippen molar-refractivity contribution in [2.75, 3.05) is 13.2 Å². The Kier molecular flexibility index (Phi) is 13.9. The molecule has 0 rings (SSSR count). The average Bonchev–Trinajstić information content (AvgIpc) is 2.05. The van der Waals surface area contributed by atoms with Crippen LogP contribution < -0.4 is 0 Å². The van der Waals surface area contributed by atoms with Crippen LogP contribution in [0.15, 0.2) is 0 Å². The summed E-state index contributed by atoms with van der Waals surface area (Å²) in [5.74, 6) is 0. The maximum atomic E-state index is 5.38. The van der Waals surface area contributed by atoms with Crippen molar-refractivity contribution in [3.05, 3.63) is 0 Å². The standard InChI is InChI=1S/C8H19O2PS2.Cu/c1-3-5-7-9-11(12,13)10-8-6-4-2;/h3-8H2,1-2H3,(H,12,13);. The third-order valence-electron chi connectivity index (χ3n) is 1.50. The Morgan fingerprint density at radius 1 is 1.07 bits per heavy atom. The summed E-state index contributed by atoms with van der Waals surface area (Å²) in [6.45, 7) is 5.57. The molecule has 0 bridgehead atoms. The van der Waals surface area contributed by atoms with E-state index in [9.17, 15) is 0 Å². The second kappa shape index (κ2) is 10.9. The van der Waals surface area contributed by atoms with Crippen LogP contribution in [0.2, 0.25) is 0 Å². The molecule has 2 nitrogen and oxygen atoms in total. The molecule has 0 atom stereocenters. The van der Waals surface area contributed by atoms with Crippen LogP contribution >= 0.6 is 17.9 Å². The van der Waals surface area contributed by atoms with E-state index in [0.29, 0.717) is 13.2 Å². The largest absolute Gasteiger partial charge is 0.322 e. The first kappa shape index (κ1) is 17.8. The molecule has 6 heteroatoms. The van der Waals surface area contributed by atoms with Gasteiger partial charge in [-0.15, -0.1) is 0 Å². The number of unbranched alkanes of at least 4 members (excludes halogenated alkanes) is 2. The molecule has 0 N–H and O–H groups in total. The zero-order valence-corrected chi connectivity index (χ0v) is 12.2. The molecule has 0 fully saturated rings. The van der Waals surface area contributed by atoms with E-state index in [1.807, 2.05) is 0 Å². The Balaban J connectivity index is 0. The van der Waals surface area contributed by atoms with Gasteiger partial charge in [-0.25, -0.2) is 0 Å². The van der Waals surface area contributed by atoms with Crippen molar-refractivity contribution in [3.63, 3.8) is 0 Å². The Morgan fingerprint density at radius 2 is 1.43 bits per heavy atom. The van der Waals surface area contributed by atoms with Gasteiger partial charge in [0.2, 0.25) is 5.69 Å². The topological polar surface area (TPSA) is 18.5 Å². The number of thiol groups is 1. The van der Waals surface area contributed by atoms with Gasteiger partial charge in [0.25, 0.3) is 0 Å². The summed E-state index contributed by atoms with van der Waals surface area (Å²) in [6, 6.07) is 0. The van der Waals surface area contributed by atoms with Crippen molar-refractivity contribution < 1.29 is 26.1 Å². The maximum Gasteiger partial charge on any atom is 0.244 e. The molecule has 0 aromatic carbocycles. The molecule has 0 amide bonds. The summed E-state index contributed by atoms with van der Waals surface area (Å²) in [5, 5.41) is 0. The Hall–Kier alpha value is 1.44. The van der Waals surface area contributed by atoms with Crippen molar-refractivity contribution in [1.82, 2.24) is 0 Å². The Morgan fingerprint density at radius 3 is 1.71 bits per heavy atom. The predicted molar refractivity (Wildman–Crippen MR) is 65.0 cm³/mol. The van der Waals surface area contributed by atoms with Crippen LogP contribution in [0.3, 0.4) is 0 Å². The summed E-state index contributed by atoms with van der Waals surface area (Å²) >= 11 is 9.31. The van der Waals surface area contributed by atoms with Crippen molar-refractivity contribution in [1.29, 1.82) is 0 Å². The average molecular weight is 306 g/mol. The van der Waals surface area contributed by atoms with Crippen LogP contribution in [0.25, 0.3) is 0 Å². The molecule has 0 saturated carbocycles. The molecule has 0 aliphatic carbocycles. The van der Waals surface area contributed by atoms with E-state index in [-0.39, 0.29) is 17.1 Å². The predicted octanol–water partition coefficient (Wildman–Crippen LogP) is 3.77. The van der Waals surface area contributed by atoms with Crippen LogP contribution in [0.1, 0.15) is 39.5 Å². The van der Waals surface area contributed by atoms with Crippen molar-refractivity contribution in [2.24, 2.45) is 0 Å². The first-order valence-corrected chi connectivity index (χ1v) is 8.53. The molecule has 0 aromatic rings. The van der Waals surface area contributed by atoms with Gasteiger partial charge in [0, 0.05) is 17.1 Å². The maximum absolute atomic E-state index is 5.38. The van der Waals surface area contributed by atoms with Gasteiger partial charge in [0.1, 0.15) is 0 Å². The molecule has 0 aromatic heterocycles. The fraction of sp³-hybridized carbons (Fsp3) is 1.00. The van der Waals surface area contributed by atoms with E-state index in [1.165, 1.54) is 0 Å². The van der Waals surface area contributed by atoms with Crippen molar-refractivity contribution >= 4 is 29.7 Å². The summed E-state index contributed by atoms with van der Waals surface area (Å²) in [7, 11) is 0. The molecule has 91 valence electrons. The van der Waals surface area contributed by atoms with E-state index >= 15 is 0 Å². The second-order valence-electron chi connectivity index (χ2n) is 2.84. The summed E-state index contributed by atoms with van der Waals surface area (Å²) in [5.41, 5.74) is -2.22. The van der Waals surface area contributed by atoms with E-state index in [4.69, 9.17) is 20.9 Å². The first-order valence-electron chi connectivity index (χ1n) is 4.74. The van der Waals surface area contributed by atoms with Gasteiger partial charge in [-0.2, -0.15) is 0 Å². The van der Waals surface area contributed by atoms with Gasteiger partial charge < -0.3 is 9.05 Å². The van der Waals surface area contributed by atoms with Crippen LogP contribution in [0, 0.1) is 0 Å². The van der Waals surface area contributed by atoms with E-state index in [0.717, 1.165) is 25.7 Å². The minimum Gasteiger partial charge on any atom is -0.322 e. The third-order valence-corrected chi connectivity index (χ3v) is 3.85. The molecule has 0 saturated heterocycles. The van der Waals surface area contributed by atoms with Gasteiger partial charge in [0.05, 0.1) is 13.2 Å². The van der Waals surface area contributed by atoms with Gasteiger partial charge in [0.15, 0.2) is 0 Å². The number of rotatable bonds is 8. The van der Waals surface area contributed by atoms with Gasteiger partial charge in [-0.3, -0.25) is 0 Å². The zero-order valence-electron chi connectivity index (χ0n) is 8.66. The quantitative estimate of drug-likeness (QED) is 0.319. The van der Waals surface area contributed by atoms with E-state index in [1.54, 1.807) is 0 Å². The molecule has 0 unspecified atom stereocenters. The van der Waals surface area contributed by atoms with Gasteiger partial charge in [-0.1, -0.05) is 38.9 Å². The molecular formula is C8H19CuO2PS2. The van der Waals surface area contributed by atoms with Crippen molar-refractivity contribution in [3.8, 4) is 0 Å². The fourth-order valence-corrected chi connectivity index (χ4v) is 2.42. The molecule has 14 heavy (non-hydrogen) atoms. The normalized spacial score (nSPS) is 11.1. The molecule has 0 aliphatic heterocycles. The van der Waals surface area contributed by atoms with Crippen LogP contribution in [-0.4, -0.2) is 13.2 Å². The fourth-order valence-electron chi connectivity index (χ4n) is 0.686. The third kappa shape index (κ3) is 11.5. The molecule has 0 aliphatic rings. The van der Waals surface area contributed by atoms with Crippen LogP contribution in [0.4, 0.5) is 0 Å². The van der Waals surface area contributed by atoms with Crippen LogP contribution in [-0.2, 0) is 37.9 Å². The summed E-state index contributed by atoms with van der Waals surface area (Å²) in [6.07, 6.45) is 4.27. The van der Waals surface area contributed by atoms with Crippen molar-refractivity contribution in [2.45, 2.75) is 39.5 Å². The zero-order chi connectivity index (χ0) is 10.2. The summed E-state index contributed by atoms with van der Waals surface area (Å²) < 4.78 is 10.8. The molecule has 0 spiro atoms. The van der Waals surface area contributed by atoms with Gasteiger partial charge in [-0.05, 0) is 24.6 Å². The number of hydrogen-bond acceptors (Lipinski definition) is 3. The first-order chi connectivity index (χ1) is 6.12. The molecular weight excluding hydrogens is 287 g/mol.